The third-order valence-corrected chi connectivity index (χ3v) is 3.73. The minimum Gasteiger partial charge on any atom is -0.343 e. The van der Waals surface area contributed by atoms with E-state index in [0.717, 1.165) is 0 Å². The van der Waals surface area contributed by atoms with Crippen LogP contribution in [0.5, 0.6) is 0 Å². The molecule has 0 saturated heterocycles. The second kappa shape index (κ2) is 6.60. The standard InChI is InChI=1S/C14H12Cl2N6O2/c15-7-1-2-22-10(3-7)21-13(16)12(22)14(24)18-6-9-19-8(5-17)4-11(23)20-9/h1-4H,5-6,17H2,(H,18,24)(H,19,20,23). The van der Waals surface area contributed by atoms with Crippen LogP contribution in [-0.4, -0.2) is 25.3 Å². The summed E-state index contributed by atoms with van der Waals surface area (Å²) in [7, 11) is 0. The smallest absolute Gasteiger partial charge is 0.271 e. The summed E-state index contributed by atoms with van der Waals surface area (Å²) in [5, 5.41) is 3.17. The third kappa shape index (κ3) is 3.25. The van der Waals surface area contributed by atoms with Gasteiger partial charge in [-0.25, -0.2) is 9.97 Å². The summed E-state index contributed by atoms with van der Waals surface area (Å²) in [6.45, 7) is 0.143. The van der Waals surface area contributed by atoms with Gasteiger partial charge in [-0.15, -0.1) is 0 Å². The first-order valence-corrected chi connectivity index (χ1v) is 7.64. The Bertz CT molecular complexity index is 981. The van der Waals surface area contributed by atoms with Crippen LogP contribution in [0.4, 0.5) is 0 Å². The van der Waals surface area contributed by atoms with Gasteiger partial charge in [-0.2, -0.15) is 0 Å². The predicted molar refractivity (Wildman–Crippen MR) is 89.1 cm³/mol. The number of hydrogen-bond acceptors (Lipinski definition) is 5. The number of imidazole rings is 1. The maximum absolute atomic E-state index is 12.4. The van der Waals surface area contributed by atoms with Crippen LogP contribution in [0.1, 0.15) is 22.0 Å². The van der Waals surface area contributed by atoms with Crippen molar-refractivity contribution >= 4 is 34.8 Å². The largest absolute Gasteiger partial charge is 0.343 e. The second-order valence-corrected chi connectivity index (χ2v) is 5.69. The summed E-state index contributed by atoms with van der Waals surface area (Å²) in [5.41, 5.74) is 6.19. The van der Waals surface area contributed by atoms with Gasteiger partial charge in [-0.3, -0.25) is 14.0 Å². The van der Waals surface area contributed by atoms with Crippen molar-refractivity contribution in [2.75, 3.05) is 0 Å². The summed E-state index contributed by atoms with van der Waals surface area (Å²) in [6.07, 6.45) is 1.60. The molecule has 3 aromatic heterocycles. The molecule has 0 saturated carbocycles. The Hall–Kier alpha value is -2.42. The van der Waals surface area contributed by atoms with Gasteiger partial charge in [0, 0.05) is 29.9 Å². The van der Waals surface area contributed by atoms with Gasteiger partial charge in [-0.1, -0.05) is 23.2 Å². The van der Waals surface area contributed by atoms with Gasteiger partial charge in [0.25, 0.3) is 11.5 Å². The van der Waals surface area contributed by atoms with Crippen LogP contribution in [0.2, 0.25) is 10.2 Å². The van der Waals surface area contributed by atoms with Gasteiger partial charge < -0.3 is 16.0 Å². The number of aromatic amines is 1. The van der Waals surface area contributed by atoms with Crippen molar-refractivity contribution in [3.8, 4) is 0 Å². The number of pyridine rings is 1. The van der Waals surface area contributed by atoms with E-state index in [4.69, 9.17) is 28.9 Å². The number of carbonyl (C=O) groups excluding carboxylic acids is 1. The van der Waals surface area contributed by atoms with Gasteiger partial charge in [-0.05, 0) is 6.07 Å². The van der Waals surface area contributed by atoms with Crippen LogP contribution in [0.25, 0.3) is 5.65 Å². The number of rotatable bonds is 4. The molecule has 3 heterocycles. The molecule has 0 radical (unpaired) electrons. The van der Waals surface area contributed by atoms with Gasteiger partial charge in [0.2, 0.25) is 0 Å². The highest BCUT2D eigenvalue weighted by molar-refractivity contribution is 6.33. The molecule has 0 spiro atoms. The van der Waals surface area contributed by atoms with Crippen LogP contribution < -0.4 is 16.6 Å². The number of nitrogens with zero attached hydrogens (tertiary/aromatic N) is 3. The topological polar surface area (TPSA) is 118 Å². The van der Waals surface area contributed by atoms with Crippen LogP contribution in [0.15, 0.2) is 29.2 Å². The quantitative estimate of drug-likeness (QED) is 0.639. The van der Waals surface area contributed by atoms with E-state index in [2.05, 4.69) is 20.3 Å². The normalized spacial score (nSPS) is 11.0. The molecule has 3 aromatic rings. The van der Waals surface area contributed by atoms with E-state index < -0.39 is 5.91 Å². The molecule has 8 nitrogen and oxygen atoms in total. The van der Waals surface area contributed by atoms with Crippen molar-refractivity contribution in [1.82, 2.24) is 24.7 Å². The van der Waals surface area contributed by atoms with E-state index >= 15 is 0 Å². The van der Waals surface area contributed by atoms with Crippen molar-refractivity contribution in [1.29, 1.82) is 0 Å². The lowest BCUT2D eigenvalue weighted by molar-refractivity contribution is 0.0944. The van der Waals surface area contributed by atoms with Crippen molar-refractivity contribution in [2.45, 2.75) is 13.1 Å². The van der Waals surface area contributed by atoms with E-state index in [9.17, 15) is 9.59 Å². The number of hydrogen-bond donors (Lipinski definition) is 3. The molecule has 1 amide bonds. The molecule has 0 fully saturated rings. The molecule has 0 aliphatic carbocycles. The summed E-state index contributed by atoms with van der Waals surface area (Å²) in [4.78, 5) is 34.6. The SMILES string of the molecule is NCc1cc(=O)[nH]c(CNC(=O)c2c(Cl)nc3cc(Cl)ccn23)n1. The van der Waals surface area contributed by atoms with Crippen molar-refractivity contribution in [2.24, 2.45) is 5.73 Å². The van der Waals surface area contributed by atoms with E-state index in [1.54, 1.807) is 18.3 Å². The first-order chi connectivity index (χ1) is 11.5. The van der Waals surface area contributed by atoms with Gasteiger partial charge in [0.05, 0.1) is 12.2 Å². The molecule has 0 aliphatic rings. The highest BCUT2D eigenvalue weighted by Crippen LogP contribution is 2.20. The van der Waals surface area contributed by atoms with Crippen molar-refractivity contribution < 1.29 is 4.79 Å². The Morgan fingerprint density at radius 2 is 2.12 bits per heavy atom. The molecule has 0 bridgehead atoms. The number of halogens is 2. The Labute approximate surface area is 145 Å². The summed E-state index contributed by atoms with van der Waals surface area (Å²) < 4.78 is 1.52. The summed E-state index contributed by atoms with van der Waals surface area (Å²) in [6, 6.07) is 4.51. The highest BCUT2D eigenvalue weighted by atomic mass is 35.5. The molecule has 4 N–H and O–H groups in total. The van der Waals surface area contributed by atoms with E-state index in [1.807, 2.05) is 0 Å². The molecule has 0 aromatic carbocycles. The zero-order valence-electron chi connectivity index (χ0n) is 12.2. The molecule has 0 atom stereocenters. The molecule has 3 rings (SSSR count). The Kier molecular flexibility index (Phi) is 4.52. The molecular formula is C14H12Cl2N6O2. The van der Waals surface area contributed by atoms with Gasteiger partial charge >= 0.3 is 0 Å². The van der Waals surface area contributed by atoms with Crippen LogP contribution in [0, 0.1) is 0 Å². The monoisotopic (exact) mass is 366 g/mol. The molecule has 24 heavy (non-hydrogen) atoms. The first-order valence-electron chi connectivity index (χ1n) is 6.88. The Morgan fingerprint density at radius 3 is 2.88 bits per heavy atom. The fourth-order valence-electron chi connectivity index (χ4n) is 2.19. The number of carbonyl (C=O) groups is 1. The lowest BCUT2D eigenvalue weighted by Gasteiger charge is -2.06. The minimum atomic E-state index is -0.462. The summed E-state index contributed by atoms with van der Waals surface area (Å²) >= 11 is 11.9. The minimum absolute atomic E-state index is 0.0130. The zero-order valence-corrected chi connectivity index (χ0v) is 13.7. The van der Waals surface area contributed by atoms with Crippen molar-refractivity contribution in [3.05, 3.63) is 62.1 Å². The number of nitrogens with two attached hydrogens (primary N) is 1. The van der Waals surface area contributed by atoms with Gasteiger partial charge in [0.1, 0.15) is 11.5 Å². The van der Waals surface area contributed by atoms with E-state index in [-0.39, 0.29) is 29.5 Å². The number of nitrogens with one attached hydrogen (secondary N) is 2. The van der Waals surface area contributed by atoms with Crippen LogP contribution in [-0.2, 0) is 13.1 Å². The number of fused-ring (bicyclic) bond motifs is 1. The fraction of sp³-hybridized carbons (Fsp3) is 0.143. The maximum atomic E-state index is 12.4. The molecule has 10 heteroatoms. The first kappa shape index (κ1) is 16.4. The highest BCUT2D eigenvalue weighted by Gasteiger charge is 2.18. The number of amides is 1. The Morgan fingerprint density at radius 1 is 1.33 bits per heavy atom. The number of H-pyrrole nitrogens is 1. The van der Waals surface area contributed by atoms with Crippen LogP contribution >= 0.6 is 23.2 Å². The number of aromatic nitrogens is 4. The second-order valence-electron chi connectivity index (χ2n) is 4.89. The predicted octanol–water partition coefficient (Wildman–Crippen LogP) is 1.11. The van der Waals surface area contributed by atoms with Crippen molar-refractivity contribution in [3.63, 3.8) is 0 Å². The lowest BCUT2D eigenvalue weighted by Crippen LogP contribution is -2.27. The maximum Gasteiger partial charge on any atom is 0.271 e. The van der Waals surface area contributed by atoms with Crippen LogP contribution in [0.3, 0.4) is 0 Å². The fourth-order valence-corrected chi connectivity index (χ4v) is 2.61. The molecule has 0 unspecified atom stereocenters. The average Bonchev–Trinajstić information content (AvgIpc) is 2.87. The summed E-state index contributed by atoms with van der Waals surface area (Å²) in [5.74, 6) is -0.167. The lowest BCUT2D eigenvalue weighted by atomic mass is 10.3. The average molecular weight is 367 g/mol. The Balaban J connectivity index is 1.84. The molecule has 0 aliphatic heterocycles. The van der Waals surface area contributed by atoms with Gasteiger partial charge in [0.15, 0.2) is 10.8 Å². The zero-order chi connectivity index (χ0) is 17.3. The van der Waals surface area contributed by atoms with E-state index in [0.29, 0.717) is 22.2 Å². The molecular weight excluding hydrogens is 355 g/mol. The van der Waals surface area contributed by atoms with E-state index in [1.165, 1.54) is 10.5 Å². The molecule has 124 valence electrons. The third-order valence-electron chi connectivity index (χ3n) is 3.23.